The zero-order valence-electron chi connectivity index (χ0n) is 41.1. The van der Waals surface area contributed by atoms with Crippen LogP contribution in [0.1, 0.15) is 199 Å². The molecule has 0 N–H and O–H groups in total. The van der Waals surface area contributed by atoms with E-state index in [-0.39, 0.29) is 28.6 Å². The van der Waals surface area contributed by atoms with E-state index < -0.39 is 0 Å². The van der Waals surface area contributed by atoms with Crippen LogP contribution in [-0.4, -0.2) is 9.38 Å². The highest BCUT2D eigenvalue weighted by atomic mass is 14.9. The molecule has 13 aliphatic carbocycles. The Morgan fingerprint density at radius 2 is 1.15 bits per heavy atom. The molecule has 9 aromatic rings. The summed E-state index contributed by atoms with van der Waals surface area (Å²) in [4.78, 5) is 5.59. The van der Waals surface area contributed by atoms with Crippen LogP contribution in [-0.2, 0) is 10.8 Å². The van der Waals surface area contributed by atoms with E-state index in [4.69, 9.17) is 4.98 Å². The number of fused-ring (bicyclic) bond motifs is 12. The van der Waals surface area contributed by atoms with Crippen molar-refractivity contribution >= 4 is 38.1 Å². The smallest absolute Gasteiger partial charge is 0.0995 e. The Hall–Kier alpha value is -6.24. The van der Waals surface area contributed by atoms with E-state index in [0.717, 1.165) is 35.2 Å². The third kappa shape index (κ3) is 4.45. The summed E-state index contributed by atoms with van der Waals surface area (Å²) in [6, 6.07) is 39.8. The molecule has 13 aliphatic rings. The highest BCUT2D eigenvalue weighted by molar-refractivity contribution is 6.25. The van der Waals surface area contributed by atoms with Gasteiger partial charge in [-0.05, 0) is 236 Å². The predicted octanol–water partition coefficient (Wildman–Crippen LogP) is 16.4. The fraction of sp³-hybridized carbons (Fsp3) is 0.382. The molecule has 0 spiro atoms. The number of rotatable bonds is 1. The summed E-state index contributed by atoms with van der Waals surface area (Å²) in [5.41, 5.74) is 29.8. The first-order valence-corrected chi connectivity index (χ1v) is 27.9. The fourth-order valence-corrected chi connectivity index (χ4v) is 20.2. The van der Waals surface area contributed by atoms with Gasteiger partial charge in [-0.2, -0.15) is 5.26 Å². The summed E-state index contributed by atoms with van der Waals surface area (Å²) in [6.07, 6.45) is 17.5. The van der Waals surface area contributed by atoms with Crippen molar-refractivity contribution in [3.05, 3.63) is 175 Å². The highest BCUT2D eigenvalue weighted by Crippen LogP contribution is 2.68. The Morgan fingerprint density at radius 3 is 1.82 bits per heavy atom. The van der Waals surface area contributed by atoms with Gasteiger partial charge < -0.3 is 4.40 Å². The van der Waals surface area contributed by atoms with Gasteiger partial charge >= 0.3 is 0 Å². The summed E-state index contributed by atoms with van der Waals surface area (Å²) in [5, 5.41) is 17.2. The number of hydrogen-bond donors (Lipinski definition) is 0. The zero-order chi connectivity index (χ0) is 46.3. The SMILES string of the molecule is CC(C)(C)c1cc2c3cc4c(cc3n3c5cnc6c(c5c(c1)c23)C1CC2CC(CC6C2)C1)-c1cc(C23CC5CC(CC(C5)C2)C3)cc2c1C4c1cc(C#N)c3c(c1-2)C1c2ccccc2C3c2ccccc21. The van der Waals surface area contributed by atoms with Crippen molar-refractivity contribution in [3.8, 4) is 28.3 Å². The molecule has 3 atom stereocenters. The van der Waals surface area contributed by atoms with Gasteiger partial charge in [-0.1, -0.05) is 81.4 Å². The molecule has 344 valence electrons. The Labute approximate surface area is 415 Å². The Bertz CT molecular complexity index is 3970. The molecule has 3 heterocycles. The molecule has 6 saturated carbocycles. The fourth-order valence-electron chi connectivity index (χ4n) is 20.2. The van der Waals surface area contributed by atoms with E-state index in [0.29, 0.717) is 11.8 Å². The maximum absolute atomic E-state index is 11.4. The highest BCUT2D eigenvalue weighted by Gasteiger charge is 2.54. The predicted molar refractivity (Wildman–Crippen MR) is 284 cm³/mol. The van der Waals surface area contributed by atoms with Gasteiger partial charge in [-0.3, -0.25) is 4.98 Å². The zero-order valence-corrected chi connectivity index (χ0v) is 41.1. The summed E-state index contributed by atoms with van der Waals surface area (Å²) in [5.74, 6) is 5.78. The first-order valence-electron chi connectivity index (χ1n) is 27.9. The molecular weight excluding hydrogens is 859 g/mol. The van der Waals surface area contributed by atoms with E-state index in [1.54, 1.807) is 11.1 Å². The summed E-state index contributed by atoms with van der Waals surface area (Å²) in [6.45, 7) is 7.23. The Morgan fingerprint density at radius 1 is 0.549 bits per heavy atom. The normalized spacial score (nSPS) is 31.0. The number of pyridine rings is 1. The third-order valence-corrected chi connectivity index (χ3v) is 22.1. The molecule has 0 aliphatic heterocycles. The summed E-state index contributed by atoms with van der Waals surface area (Å²) >= 11 is 0. The van der Waals surface area contributed by atoms with Crippen molar-refractivity contribution in [2.45, 2.75) is 132 Å². The van der Waals surface area contributed by atoms with Crippen LogP contribution in [0.15, 0.2) is 97.2 Å². The molecule has 3 unspecified atom stereocenters. The largest absolute Gasteiger partial charge is 0.306 e. The van der Waals surface area contributed by atoms with E-state index in [2.05, 4.69) is 128 Å². The molecule has 10 bridgehead atoms. The standard InChI is InChI=1S/C68H57N3/c1-67(2,3)40-21-50-47-25-49-46(26-54(47)71-55-31-70-65-38-18-32-12-33(19-38)17-37(16-32)57(65)63(55)53(22-40)66(50)71)48-23-41(68-27-34-13-35(28-68)15-36(14-34)29-68)24-52-60(48)61(49)51-20-39(30-69)56-58-42-8-4-6-10-44(42)59(64(56)62(51)52)45-11-7-5-9-43(45)58/h4-11,20-26,31-38,58-59,61H,12-19,27-29H2,1-3H3. The maximum atomic E-state index is 11.4. The van der Waals surface area contributed by atoms with Gasteiger partial charge in [0, 0.05) is 50.9 Å². The first kappa shape index (κ1) is 38.4. The number of hydrogen-bond acceptors (Lipinski definition) is 2. The van der Waals surface area contributed by atoms with Crippen LogP contribution in [0.2, 0.25) is 0 Å². The van der Waals surface area contributed by atoms with Gasteiger partial charge in [0.05, 0.1) is 34.4 Å². The van der Waals surface area contributed by atoms with Crippen LogP contribution in [0.3, 0.4) is 0 Å². The molecule has 6 aromatic carbocycles. The average molecular weight is 916 g/mol. The number of nitriles is 1. The van der Waals surface area contributed by atoms with E-state index in [1.807, 2.05) is 0 Å². The van der Waals surface area contributed by atoms with Gasteiger partial charge in [-0.25, -0.2) is 0 Å². The minimum Gasteiger partial charge on any atom is -0.306 e. The molecule has 0 amide bonds. The molecule has 22 rings (SSSR count). The average Bonchev–Trinajstić information content (AvgIpc) is 4.09. The van der Waals surface area contributed by atoms with Crippen LogP contribution >= 0.6 is 0 Å². The first-order chi connectivity index (χ1) is 34.7. The van der Waals surface area contributed by atoms with Crippen molar-refractivity contribution in [2.24, 2.45) is 29.6 Å². The third-order valence-electron chi connectivity index (χ3n) is 22.1. The van der Waals surface area contributed by atoms with Gasteiger partial charge in [0.2, 0.25) is 0 Å². The van der Waals surface area contributed by atoms with Gasteiger partial charge in [-0.15, -0.1) is 0 Å². The Kier molecular flexibility index (Phi) is 6.67. The summed E-state index contributed by atoms with van der Waals surface area (Å²) < 4.78 is 2.69. The maximum Gasteiger partial charge on any atom is 0.0995 e. The van der Waals surface area contributed by atoms with Crippen molar-refractivity contribution in [3.63, 3.8) is 0 Å². The topological polar surface area (TPSA) is 41.1 Å². The molecule has 71 heavy (non-hydrogen) atoms. The summed E-state index contributed by atoms with van der Waals surface area (Å²) in [7, 11) is 0. The van der Waals surface area contributed by atoms with Crippen LogP contribution in [0.5, 0.6) is 0 Å². The minimum absolute atomic E-state index is 0.00725. The second kappa shape index (κ2) is 12.3. The van der Waals surface area contributed by atoms with Gasteiger partial charge in [0.1, 0.15) is 0 Å². The lowest BCUT2D eigenvalue weighted by Gasteiger charge is -2.57. The second-order valence-corrected chi connectivity index (χ2v) is 26.7. The molecule has 0 saturated heterocycles. The second-order valence-electron chi connectivity index (χ2n) is 26.7. The molecule has 3 nitrogen and oxygen atoms in total. The van der Waals surface area contributed by atoms with Crippen molar-refractivity contribution in [1.82, 2.24) is 9.38 Å². The number of benzene rings is 6. The van der Waals surface area contributed by atoms with Crippen LogP contribution in [0.25, 0.3) is 60.3 Å². The molecular formula is C68H57N3. The minimum atomic E-state index is -0.00725. The molecule has 0 radical (unpaired) electrons. The lowest BCUT2D eigenvalue weighted by Crippen LogP contribution is -2.48. The van der Waals surface area contributed by atoms with E-state index in [1.165, 1.54) is 192 Å². The lowest BCUT2D eigenvalue weighted by molar-refractivity contribution is -0.00515. The van der Waals surface area contributed by atoms with E-state index in [9.17, 15) is 5.26 Å². The number of aromatic nitrogens is 2. The molecule has 3 aromatic heterocycles. The van der Waals surface area contributed by atoms with Crippen molar-refractivity contribution in [1.29, 1.82) is 5.26 Å². The van der Waals surface area contributed by atoms with Crippen molar-refractivity contribution < 1.29 is 0 Å². The molecule has 3 heteroatoms. The monoisotopic (exact) mass is 915 g/mol. The van der Waals surface area contributed by atoms with E-state index >= 15 is 0 Å². The Balaban J connectivity index is 0.921. The van der Waals surface area contributed by atoms with Crippen molar-refractivity contribution in [2.75, 3.05) is 0 Å². The van der Waals surface area contributed by atoms with Gasteiger partial charge in [0.25, 0.3) is 0 Å². The van der Waals surface area contributed by atoms with Crippen LogP contribution in [0, 0.1) is 40.9 Å². The van der Waals surface area contributed by atoms with Crippen LogP contribution < -0.4 is 0 Å². The quantitative estimate of drug-likeness (QED) is 0.165. The molecule has 6 fully saturated rings. The van der Waals surface area contributed by atoms with Crippen LogP contribution in [0.4, 0.5) is 0 Å². The van der Waals surface area contributed by atoms with Gasteiger partial charge in [0.15, 0.2) is 0 Å². The number of nitrogens with zero attached hydrogens (tertiary/aromatic N) is 3. The lowest BCUT2D eigenvalue weighted by atomic mass is 9.48.